The summed E-state index contributed by atoms with van der Waals surface area (Å²) in [6, 6.07) is 3.75. The Kier molecular flexibility index (Phi) is 3.33. The molecule has 2 aromatic heterocycles. The number of aryl methyl sites for hydroxylation is 1. The summed E-state index contributed by atoms with van der Waals surface area (Å²) in [4.78, 5) is 16.9. The average molecular weight is 377 g/mol. The van der Waals surface area contributed by atoms with Crippen molar-refractivity contribution in [2.75, 3.05) is 13.2 Å². The van der Waals surface area contributed by atoms with Gasteiger partial charge in [-0.3, -0.25) is 14.0 Å². The third kappa shape index (κ3) is 2.39. The fraction of sp³-hybridized carbons (Fsp3) is 0.267. The standard InChI is InChI=1S/C15H13BrN4O3/c1-19-14-10(6-18-19)15(21)20(8-17-14)7-9-4-12-13(5-11(9)16)23-3-2-22-12/h4-6,8H,2-3,7H2,1H3. The van der Waals surface area contributed by atoms with Crippen LogP contribution in [0.2, 0.25) is 0 Å². The normalized spacial score (nSPS) is 13.5. The van der Waals surface area contributed by atoms with Gasteiger partial charge in [0.2, 0.25) is 0 Å². The van der Waals surface area contributed by atoms with E-state index in [9.17, 15) is 4.79 Å². The van der Waals surface area contributed by atoms with E-state index in [1.165, 1.54) is 6.33 Å². The minimum absolute atomic E-state index is 0.120. The summed E-state index contributed by atoms with van der Waals surface area (Å²) in [6.07, 6.45) is 3.08. The molecule has 0 N–H and O–H groups in total. The van der Waals surface area contributed by atoms with Crippen molar-refractivity contribution in [2.24, 2.45) is 7.05 Å². The predicted octanol–water partition coefficient (Wildman–Crippen LogP) is 1.71. The van der Waals surface area contributed by atoms with E-state index in [2.05, 4.69) is 26.0 Å². The predicted molar refractivity (Wildman–Crippen MR) is 87.0 cm³/mol. The van der Waals surface area contributed by atoms with Gasteiger partial charge in [-0.2, -0.15) is 5.10 Å². The molecule has 0 saturated carbocycles. The molecule has 0 unspecified atom stereocenters. The molecule has 8 heteroatoms. The second-order valence-corrected chi connectivity index (χ2v) is 6.12. The number of benzene rings is 1. The molecule has 3 aromatic rings. The second-order valence-electron chi connectivity index (χ2n) is 5.27. The van der Waals surface area contributed by atoms with Crippen molar-refractivity contribution < 1.29 is 9.47 Å². The lowest BCUT2D eigenvalue weighted by atomic mass is 10.2. The highest BCUT2D eigenvalue weighted by atomic mass is 79.9. The first-order chi connectivity index (χ1) is 11.1. The minimum Gasteiger partial charge on any atom is -0.486 e. The van der Waals surface area contributed by atoms with Crippen molar-refractivity contribution in [3.05, 3.63) is 45.0 Å². The van der Waals surface area contributed by atoms with Gasteiger partial charge in [-0.25, -0.2) is 4.98 Å². The molecule has 23 heavy (non-hydrogen) atoms. The van der Waals surface area contributed by atoms with E-state index < -0.39 is 0 Å². The molecule has 0 spiro atoms. The van der Waals surface area contributed by atoms with Gasteiger partial charge in [-0.05, 0) is 17.7 Å². The number of fused-ring (bicyclic) bond motifs is 2. The molecule has 4 rings (SSSR count). The number of halogens is 1. The molecule has 0 saturated heterocycles. The lowest BCUT2D eigenvalue weighted by molar-refractivity contribution is 0.171. The number of nitrogens with zero attached hydrogens (tertiary/aromatic N) is 4. The summed E-state index contributed by atoms with van der Waals surface area (Å²) in [7, 11) is 1.76. The molecular formula is C15H13BrN4O3. The lowest BCUT2D eigenvalue weighted by Crippen LogP contribution is -2.21. The summed E-state index contributed by atoms with van der Waals surface area (Å²) < 4.78 is 15.1. The van der Waals surface area contributed by atoms with Crippen LogP contribution in [0, 0.1) is 0 Å². The fourth-order valence-electron chi connectivity index (χ4n) is 2.59. The average Bonchev–Trinajstić information content (AvgIpc) is 2.92. The molecule has 1 aliphatic rings. The molecule has 1 aromatic carbocycles. The van der Waals surface area contributed by atoms with Crippen LogP contribution in [-0.2, 0) is 13.6 Å². The van der Waals surface area contributed by atoms with Gasteiger partial charge in [0.15, 0.2) is 17.1 Å². The van der Waals surface area contributed by atoms with E-state index in [0.717, 1.165) is 10.0 Å². The first kappa shape index (κ1) is 14.3. The van der Waals surface area contributed by atoms with Crippen LogP contribution in [0.3, 0.4) is 0 Å². The van der Waals surface area contributed by atoms with E-state index in [-0.39, 0.29) is 5.56 Å². The Balaban J connectivity index is 1.76. The van der Waals surface area contributed by atoms with Crippen molar-refractivity contribution in [1.82, 2.24) is 19.3 Å². The summed E-state index contributed by atoms with van der Waals surface area (Å²) in [5.74, 6) is 1.40. The van der Waals surface area contributed by atoms with Gasteiger partial charge < -0.3 is 9.47 Å². The molecule has 3 heterocycles. The maximum atomic E-state index is 12.5. The molecule has 1 aliphatic heterocycles. The smallest absolute Gasteiger partial charge is 0.264 e. The molecule has 0 bridgehead atoms. The van der Waals surface area contributed by atoms with Gasteiger partial charge in [0.05, 0.1) is 12.7 Å². The van der Waals surface area contributed by atoms with Crippen LogP contribution in [0.25, 0.3) is 11.0 Å². The van der Waals surface area contributed by atoms with Gasteiger partial charge in [-0.15, -0.1) is 0 Å². The third-order valence-electron chi connectivity index (χ3n) is 3.77. The number of hydrogen-bond acceptors (Lipinski definition) is 5. The molecule has 0 atom stereocenters. The fourth-order valence-corrected chi connectivity index (χ4v) is 3.04. The lowest BCUT2D eigenvalue weighted by Gasteiger charge is -2.20. The monoisotopic (exact) mass is 376 g/mol. The number of hydrogen-bond donors (Lipinski definition) is 0. The molecule has 118 valence electrons. The van der Waals surface area contributed by atoms with Crippen molar-refractivity contribution >= 4 is 27.0 Å². The van der Waals surface area contributed by atoms with Crippen LogP contribution in [0.5, 0.6) is 11.5 Å². The zero-order valence-electron chi connectivity index (χ0n) is 12.3. The molecule has 0 amide bonds. The van der Waals surface area contributed by atoms with E-state index in [0.29, 0.717) is 42.3 Å². The summed E-state index contributed by atoms with van der Waals surface area (Å²) in [6.45, 7) is 1.45. The van der Waals surface area contributed by atoms with Crippen LogP contribution in [-0.4, -0.2) is 32.5 Å². The molecule has 7 nitrogen and oxygen atoms in total. The topological polar surface area (TPSA) is 71.2 Å². The highest BCUT2D eigenvalue weighted by Gasteiger charge is 2.16. The van der Waals surface area contributed by atoms with Crippen LogP contribution in [0.4, 0.5) is 0 Å². The van der Waals surface area contributed by atoms with Crippen molar-refractivity contribution in [1.29, 1.82) is 0 Å². The Morgan fingerprint density at radius 2 is 2.00 bits per heavy atom. The summed E-state index contributed by atoms with van der Waals surface area (Å²) in [5.41, 5.74) is 1.37. The van der Waals surface area contributed by atoms with E-state index in [1.54, 1.807) is 22.5 Å². The van der Waals surface area contributed by atoms with Gasteiger partial charge >= 0.3 is 0 Å². The maximum Gasteiger partial charge on any atom is 0.264 e. The van der Waals surface area contributed by atoms with E-state index >= 15 is 0 Å². The van der Waals surface area contributed by atoms with Gasteiger partial charge in [-0.1, -0.05) is 15.9 Å². The highest BCUT2D eigenvalue weighted by molar-refractivity contribution is 9.10. The largest absolute Gasteiger partial charge is 0.486 e. The number of rotatable bonds is 2. The van der Waals surface area contributed by atoms with Crippen LogP contribution in [0.15, 0.2) is 33.9 Å². The van der Waals surface area contributed by atoms with Crippen LogP contribution >= 0.6 is 15.9 Å². The second kappa shape index (κ2) is 5.38. The number of aromatic nitrogens is 4. The minimum atomic E-state index is -0.120. The zero-order valence-corrected chi connectivity index (χ0v) is 13.9. The maximum absolute atomic E-state index is 12.5. The number of ether oxygens (including phenoxy) is 2. The van der Waals surface area contributed by atoms with E-state index in [1.807, 2.05) is 12.1 Å². The quantitative estimate of drug-likeness (QED) is 0.680. The summed E-state index contributed by atoms with van der Waals surface area (Å²) >= 11 is 3.52. The summed E-state index contributed by atoms with van der Waals surface area (Å²) in [5, 5.41) is 4.58. The first-order valence-corrected chi connectivity index (χ1v) is 7.88. The first-order valence-electron chi connectivity index (χ1n) is 7.08. The van der Waals surface area contributed by atoms with Gasteiger partial charge in [0.25, 0.3) is 5.56 Å². The molecule has 0 aliphatic carbocycles. The van der Waals surface area contributed by atoms with Crippen molar-refractivity contribution in [3.63, 3.8) is 0 Å². The Hall–Kier alpha value is -2.35. The van der Waals surface area contributed by atoms with E-state index in [4.69, 9.17) is 9.47 Å². The molecule has 0 radical (unpaired) electrons. The molecular weight excluding hydrogens is 364 g/mol. The van der Waals surface area contributed by atoms with Gasteiger partial charge in [0.1, 0.15) is 24.9 Å². The molecule has 0 fully saturated rings. The van der Waals surface area contributed by atoms with Gasteiger partial charge in [0, 0.05) is 11.5 Å². The Bertz CT molecular complexity index is 963. The Labute approximate surface area is 139 Å². The Morgan fingerprint density at radius 3 is 2.78 bits per heavy atom. The van der Waals surface area contributed by atoms with Crippen molar-refractivity contribution in [3.8, 4) is 11.5 Å². The van der Waals surface area contributed by atoms with Crippen LogP contribution < -0.4 is 15.0 Å². The zero-order chi connectivity index (χ0) is 16.0. The van der Waals surface area contributed by atoms with Crippen LogP contribution in [0.1, 0.15) is 5.56 Å². The van der Waals surface area contributed by atoms with Crippen molar-refractivity contribution in [2.45, 2.75) is 6.54 Å². The third-order valence-corrected chi connectivity index (χ3v) is 4.51. The highest BCUT2D eigenvalue weighted by Crippen LogP contribution is 2.35. The Morgan fingerprint density at radius 1 is 1.26 bits per heavy atom. The SMILES string of the molecule is Cn1ncc2c(=O)n(Cc3cc4c(cc3Br)OCCO4)cnc21.